The molecule has 0 fully saturated rings. The lowest BCUT2D eigenvalue weighted by Crippen LogP contribution is -2.43. The largest absolute Gasteiger partial charge is 0.457 e. The summed E-state index contributed by atoms with van der Waals surface area (Å²) in [5.41, 5.74) is -1.33. The van der Waals surface area contributed by atoms with Gasteiger partial charge < -0.3 is 9.47 Å². The average Bonchev–Trinajstić information content (AvgIpc) is 2.19. The maximum Gasteiger partial charge on any atom is 0.344 e. The molecule has 0 aromatic carbocycles. The van der Waals surface area contributed by atoms with Crippen molar-refractivity contribution >= 4 is 11.9 Å². The van der Waals surface area contributed by atoms with E-state index in [1.165, 1.54) is 0 Å². The summed E-state index contributed by atoms with van der Waals surface area (Å²) in [5.74, 6) is -1.17. The Morgan fingerprint density at radius 2 is 1.17 bits per heavy atom. The zero-order chi connectivity index (χ0) is 18.9. The number of carbonyl (C=O) groups excluding carboxylic acids is 2. The number of rotatable bonds is 4. The van der Waals surface area contributed by atoms with E-state index in [1.807, 2.05) is 76.2 Å². The van der Waals surface area contributed by atoms with Crippen molar-refractivity contribution < 1.29 is 19.1 Å². The maximum absolute atomic E-state index is 12.5. The molecule has 0 aliphatic rings. The van der Waals surface area contributed by atoms with Crippen LogP contribution in [0.3, 0.4) is 0 Å². The highest BCUT2D eigenvalue weighted by Gasteiger charge is 2.42. The molecule has 0 heterocycles. The molecule has 0 aliphatic heterocycles. The summed E-state index contributed by atoms with van der Waals surface area (Å²) >= 11 is 0. The van der Waals surface area contributed by atoms with Gasteiger partial charge in [0.2, 0.25) is 0 Å². The highest BCUT2D eigenvalue weighted by atomic mass is 16.6. The van der Waals surface area contributed by atoms with Crippen LogP contribution in [0.25, 0.3) is 0 Å². The van der Waals surface area contributed by atoms with Gasteiger partial charge in [0.05, 0.1) is 5.92 Å². The number of ether oxygens (including phenoxy) is 2. The lowest BCUT2D eigenvalue weighted by atomic mass is 9.67. The average molecular weight is 328 g/mol. The van der Waals surface area contributed by atoms with Crippen LogP contribution in [-0.2, 0) is 19.1 Å². The van der Waals surface area contributed by atoms with Gasteiger partial charge >= 0.3 is 11.9 Å². The summed E-state index contributed by atoms with van der Waals surface area (Å²) in [4.78, 5) is 24.5. The third-order valence-electron chi connectivity index (χ3n) is 4.48. The van der Waals surface area contributed by atoms with Gasteiger partial charge in [0.1, 0.15) is 5.60 Å². The predicted octanol–water partition coefficient (Wildman–Crippen LogP) is 4.61. The Morgan fingerprint density at radius 1 is 0.783 bits per heavy atom. The molecule has 4 heteroatoms. The van der Waals surface area contributed by atoms with Crippen LogP contribution in [0.15, 0.2) is 0 Å². The quantitative estimate of drug-likeness (QED) is 0.707. The highest BCUT2D eigenvalue weighted by molar-refractivity contribution is 5.79. The van der Waals surface area contributed by atoms with Crippen LogP contribution in [0.1, 0.15) is 76.2 Å². The van der Waals surface area contributed by atoms with Crippen LogP contribution in [0.2, 0.25) is 0 Å². The fourth-order valence-corrected chi connectivity index (χ4v) is 2.69. The summed E-state index contributed by atoms with van der Waals surface area (Å²) in [7, 11) is 0. The number of esters is 2. The van der Waals surface area contributed by atoms with E-state index in [0.717, 1.165) is 0 Å². The molecule has 0 aromatic heterocycles. The Balaban J connectivity index is 4.86. The molecule has 0 rings (SSSR count). The van der Waals surface area contributed by atoms with Gasteiger partial charge in [0, 0.05) is 5.41 Å². The molecule has 0 unspecified atom stereocenters. The monoisotopic (exact) mass is 328 g/mol. The van der Waals surface area contributed by atoms with Crippen molar-refractivity contribution in [1.29, 1.82) is 0 Å². The third-order valence-corrected chi connectivity index (χ3v) is 4.48. The van der Waals surface area contributed by atoms with Crippen LogP contribution in [0.4, 0.5) is 0 Å². The van der Waals surface area contributed by atoms with E-state index in [2.05, 4.69) is 0 Å². The van der Waals surface area contributed by atoms with E-state index in [1.54, 1.807) is 0 Å². The smallest absolute Gasteiger partial charge is 0.344 e. The zero-order valence-corrected chi connectivity index (χ0v) is 16.9. The number of carbonyl (C=O) groups is 2. The minimum absolute atomic E-state index is 0.202. The first kappa shape index (κ1) is 21.9. The Kier molecular flexibility index (Phi) is 6.51. The Morgan fingerprint density at radius 3 is 1.48 bits per heavy atom. The number of hydrogen-bond acceptors (Lipinski definition) is 4. The molecular weight excluding hydrogens is 292 g/mol. The second-order valence-electron chi connectivity index (χ2n) is 10.0. The standard InChI is InChI=1S/C19H36O4/c1-16(2,3)14(17(4,5)6)15(21)22-12-13(20)23-19(10,11)18(7,8)9/h14H,12H2,1-11H3. The van der Waals surface area contributed by atoms with E-state index in [0.29, 0.717) is 0 Å². The first-order chi connectivity index (χ1) is 9.89. The Labute approximate surface area is 142 Å². The van der Waals surface area contributed by atoms with Crippen LogP contribution < -0.4 is 0 Å². The van der Waals surface area contributed by atoms with Crippen molar-refractivity contribution in [2.24, 2.45) is 22.2 Å². The molecule has 0 N–H and O–H groups in total. The molecule has 0 aliphatic carbocycles. The lowest BCUT2D eigenvalue weighted by molar-refractivity contribution is -0.180. The van der Waals surface area contributed by atoms with E-state index in [9.17, 15) is 9.59 Å². The molecule has 0 saturated heterocycles. The Hall–Kier alpha value is -1.06. The summed E-state index contributed by atoms with van der Waals surface area (Å²) in [6.45, 7) is 21.4. The molecule has 0 aromatic rings. The van der Waals surface area contributed by atoms with Gasteiger partial charge in [-0.2, -0.15) is 0 Å². The maximum atomic E-state index is 12.5. The fraction of sp³-hybridized carbons (Fsp3) is 0.895. The molecule has 0 bridgehead atoms. The van der Waals surface area contributed by atoms with Gasteiger partial charge in [-0.05, 0) is 24.7 Å². The molecule has 23 heavy (non-hydrogen) atoms. The second kappa shape index (κ2) is 6.82. The molecule has 0 amide bonds. The lowest BCUT2D eigenvalue weighted by Gasteiger charge is -2.39. The molecule has 0 saturated carbocycles. The van der Waals surface area contributed by atoms with Crippen molar-refractivity contribution in [3.63, 3.8) is 0 Å². The van der Waals surface area contributed by atoms with E-state index in [4.69, 9.17) is 9.47 Å². The summed E-state index contributed by atoms with van der Waals surface area (Å²) in [6.07, 6.45) is 0. The topological polar surface area (TPSA) is 52.6 Å². The predicted molar refractivity (Wildman–Crippen MR) is 93.0 cm³/mol. The third kappa shape index (κ3) is 6.52. The van der Waals surface area contributed by atoms with Crippen LogP contribution in [0.5, 0.6) is 0 Å². The zero-order valence-electron chi connectivity index (χ0n) is 16.9. The summed E-state index contributed by atoms with van der Waals surface area (Å²) in [5, 5.41) is 0. The van der Waals surface area contributed by atoms with E-state index >= 15 is 0 Å². The second-order valence-corrected chi connectivity index (χ2v) is 10.0. The van der Waals surface area contributed by atoms with Crippen molar-refractivity contribution in [2.45, 2.75) is 81.8 Å². The molecule has 0 atom stereocenters. The fourth-order valence-electron chi connectivity index (χ4n) is 2.69. The van der Waals surface area contributed by atoms with Crippen molar-refractivity contribution in [3.05, 3.63) is 0 Å². The summed E-state index contributed by atoms with van der Waals surface area (Å²) in [6, 6.07) is 0. The van der Waals surface area contributed by atoms with Crippen LogP contribution in [0, 0.1) is 22.2 Å². The van der Waals surface area contributed by atoms with Gasteiger partial charge in [-0.25, -0.2) is 4.79 Å². The first-order valence-corrected chi connectivity index (χ1v) is 8.28. The summed E-state index contributed by atoms with van der Waals surface area (Å²) < 4.78 is 10.8. The normalized spacial score (nSPS) is 13.9. The Bertz CT molecular complexity index is 414. The van der Waals surface area contributed by atoms with Crippen LogP contribution >= 0.6 is 0 Å². The van der Waals surface area contributed by atoms with Gasteiger partial charge in [-0.1, -0.05) is 62.3 Å². The van der Waals surface area contributed by atoms with Crippen molar-refractivity contribution in [1.82, 2.24) is 0 Å². The molecule has 0 spiro atoms. The minimum Gasteiger partial charge on any atom is -0.457 e. The van der Waals surface area contributed by atoms with Gasteiger partial charge in [0.25, 0.3) is 0 Å². The van der Waals surface area contributed by atoms with Gasteiger partial charge in [-0.3, -0.25) is 4.79 Å². The van der Waals surface area contributed by atoms with Crippen molar-refractivity contribution in [3.8, 4) is 0 Å². The molecule has 0 radical (unpaired) electrons. The highest BCUT2D eigenvalue weighted by Crippen LogP contribution is 2.40. The minimum atomic E-state index is -0.635. The molecule has 136 valence electrons. The van der Waals surface area contributed by atoms with Crippen molar-refractivity contribution in [2.75, 3.05) is 6.61 Å². The van der Waals surface area contributed by atoms with E-state index in [-0.39, 0.29) is 34.7 Å². The number of hydrogen-bond donors (Lipinski definition) is 0. The van der Waals surface area contributed by atoms with E-state index < -0.39 is 11.6 Å². The SMILES string of the molecule is CC(C)(C)C(C(=O)OCC(=O)OC(C)(C)C(C)(C)C)C(C)(C)C. The molecular formula is C19H36O4. The van der Waals surface area contributed by atoms with Gasteiger partial charge in [-0.15, -0.1) is 0 Å². The van der Waals surface area contributed by atoms with Gasteiger partial charge in [0.15, 0.2) is 6.61 Å². The first-order valence-electron chi connectivity index (χ1n) is 8.28. The van der Waals surface area contributed by atoms with Crippen LogP contribution in [-0.4, -0.2) is 24.1 Å². The molecule has 4 nitrogen and oxygen atoms in total.